The average Bonchev–Trinajstić information content (AvgIpc) is 2.76. The van der Waals surface area contributed by atoms with Crippen LogP contribution in [0, 0.1) is 5.41 Å². The van der Waals surface area contributed by atoms with Crippen LogP contribution in [0.15, 0.2) is 54.9 Å². The molecule has 1 aliphatic rings. The molecule has 5 nitrogen and oxygen atoms in total. The molecule has 0 aliphatic carbocycles. The van der Waals surface area contributed by atoms with Gasteiger partial charge in [0.2, 0.25) is 0 Å². The zero-order valence-electron chi connectivity index (χ0n) is 17.5. The smallest absolute Gasteiger partial charge is 0.312 e. The van der Waals surface area contributed by atoms with Crippen molar-refractivity contribution in [3.8, 4) is 5.75 Å². The van der Waals surface area contributed by atoms with E-state index in [4.69, 9.17) is 9.47 Å². The Morgan fingerprint density at radius 2 is 1.93 bits per heavy atom. The van der Waals surface area contributed by atoms with Crippen molar-refractivity contribution in [1.29, 1.82) is 0 Å². The lowest BCUT2D eigenvalue weighted by atomic mass is 9.75. The fraction of sp³-hybridized carbons (Fsp3) is 0.500. The van der Waals surface area contributed by atoms with Crippen LogP contribution in [0.1, 0.15) is 38.7 Å². The molecule has 156 valence electrons. The number of carbonyl (C=O) groups is 1. The van der Waals surface area contributed by atoms with Crippen molar-refractivity contribution in [1.82, 2.24) is 9.88 Å². The molecule has 1 aromatic carbocycles. The largest absolute Gasteiger partial charge is 0.494 e. The van der Waals surface area contributed by atoms with Crippen LogP contribution in [0.3, 0.4) is 0 Å². The first-order valence-corrected chi connectivity index (χ1v) is 10.6. The molecule has 0 spiro atoms. The molecule has 0 radical (unpaired) electrons. The Morgan fingerprint density at radius 3 is 2.59 bits per heavy atom. The number of rotatable bonds is 9. The number of likely N-dealkylation sites (tertiary alicyclic amines) is 1. The third-order valence-electron chi connectivity index (χ3n) is 5.93. The molecule has 0 saturated carbocycles. The van der Waals surface area contributed by atoms with E-state index in [1.807, 2.05) is 49.5 Å². The summed E-state index contributed by atoms with van der Waals surface area (Å²) in [5, 5.41) is 0. The van der Waals surface area contributed by atoms with Gasteiger partial charge in [-0.15, -0.1) is 0 Å². The Bertz CT molecular complexity index is 743. The summed E-state index contributed by atoms with van der Waals surface area (Å²) in [7, 11) is 0. The fourth-order valence-electron chi connectivity index (χ4n) is 4.10. The van der Waals surface area contributed by atoms with Crippen LogP contribution in [-0.2, 0) is 16.0 Å². The Balaban J connectivity index is 1.57. The molecule has 1 saturated heterocycles. The molecule has 0 unspecified atom stereocenters. The molecule has 2 heterocycles. The number of pyridine rings is 1. The van der Waals surface area contributed by atoms with Crippen molar-refractivity contribution in [2.45, 2.75) is 45.6 Å². The number of hydrogen-bond donors (Lipinski definition) is 0. The maximum atomic E-state index is 12.8. The Kier molecular flexibility index (Phi) is 7.64. The highest BCUT2D eigenvalue weighted by Gasteiger charge is 2.43. The number of carbonyl (C=O) groups excluding carboxylic acids is 1. The van der Waals surface area contributed by atoms with Gasteiger partial charge >= 0.3 is 5.97 Å². The van der Waals surface area contributed by atoms with E-state index in [-0.39, 0.29) is 5.97 Å². The molecule has 3 rings (SSSR count). The van der Waals surface area contributed by atoms with Gasteiger partial charge in [-0.25, -0.2) is 0 Å². The molecule has 0 bridgehead atoms. The molecule has 29 heavy (non-hydrogen) atoms. The second-order valence-corrected chi connectivity index (χ2v) is 7.86. The van der Waals surface area contributed by atoms with Crippen LogP contribution in [0.4, 0.5) is 0 Å². The minimum atomic E-state index is -0.449. The number of benzene rings is 1. The number of aromatic nitrogens is 1. The maximum absolute atomic E-state index is 12.8. The minimum absolute atomic E-state index is 0.0729. The highest BCUT2D eigenvalue weighted by molar-refractivity contribution is 5.77. The summed E-state index contributed by atoms with van der Waals surface area (Å²) < 4.78 is 11.3. The lowest BCUT2D eigenvalue weighted by molar-refractivity contribution is -0.160. The molecule has 0 amide bonds. The quantitative estimate of drug-likeness (QED) is 0.597. The first kappa shape index (κ1) is 21.3. The summed E-state index contributed by atoms with van der Waals surface area (Å²) in [4.78, 5) is 19.5. The van der Waals surface area contributed by atoms with Gasteiger partial charge in [0, 0.05) is 18.4 Å². The number of esters is 1. The summed E-state index contributed by atoms with van der Waals surface area (Å²) in [6, 6.07) is 14.3. The predicted octanol–water partition coefficient (Wildman–Crippen LogP) is 4.13. The normalized spacial score (nSPS) is 17.4. The van der Waals surface area contributed by atoms with E-state index in [0.29, 0.717) is 25.7 Å². The molecule has 2 aromatic rings. The van der Waals surface area contributed by atoms with Crippen molar-refractivity contribution in [3.05, 3.63) is 60.4 Å². The van der Waals surface area contributed by atoms with Crippen LogP contribution in [-0.4, -0.2) is 48.2 Å². The van der Waals surface area contributed by atoms with Crippen LogP contribution in [0.2, 0.25) is 0 Å². The van der Waals surface area contributed by atoms with E-state index in [9.17, 15) is 4.79 Å². The molecular formula is C24H32N2O3. The first-order chi connectivity index (χ1) is 14.1. The number of piperidine rings is 1. The van der Waals surface area contributed by atoms with E-state index < -0.39 is 5.41 Å². The van der Waals surface area contributed by atoms with Gasteiger partial charge in [-0.2, -0.15) is 0 Å². The topological polar surface area (TPSA) is 51.7 Å². The SMILES string of the molecule is CCOC(=O)C1(CCOc2ccccc2)CCN([C@@H](C)Cc2cccnc2)CC1. The van der Waals surface area contributed by atoms with Crippen molar-refractivity contribution >= 4 is 5.97 Å². The Morgan fingerprint density at radius 1 is 1.17 bits per heavy atom. The van der Waals surface area contributed by atoms with Gasteiger partial charge in [0.25, 0.3) is 0 Å². The van der Waals surface area contributed by atoms with Crippen LogP contribution >= 0.6 is 0 Å². The van der Waals surface area contributed by atoms with Crippen LogP contribution in [0.25, 0.3) is 0 Å². The van der Waals surface area contributed by atoms with Gasteiger partial charge in [-0.1, -0.05) is 24.3 Å². The average molecular weight is 397 g/mol. The molecule has 1 aliphatic heterocycles. The van der Waals surface area contributed by atoms with E-state index in [0.717, 1.165) is 38.1 Å². The summed E-state index contributed by atoms with van der Waals surface area (Å²) in [6.45, 7) is 6.85. The van der Waals surface area contributed by atoms with Crippen molar-refractivity contribution in [3.63, 3.8) is 0 Å². The van der Waals surface area contributed by atoms with E-state index in [1.54, 1.807) is 6.20 Å². The van der Waals surface area contributed by atoms with E-state index >= 15 is 0 Å². The van der Waals surface area contributed by atoms with E-state index in [2.05, 4.69) is 22.9 Å². The van der Waals surface area contributed by atoms with Crippen molar-refractivity contribution in [2.75, 3.05) is 26.3 Å². The van der Waals surface area contributed by atoms with Gasteiger partial charge in [-0.05, 0) is 76.4 Å². The molecule has 0 N–H and O–H groups in total. The second kappa shape index (κ2) is 10.4. The Hall–Kier alpha value is -2.40. The lowest BCUT2D eigenvalue weighted by Gasteiger charge is -2.42. The molecule has 1 fully saturated rings. The highest BCUT2D eigenvalue weighted by Crippen LogP contribution is 2.37. The third kappa shape index (κ3) is 5.80. The molecule has 5 heteroatoms. The zero-order valence-corrected chi connectivity index (χ0v) is 17.5. The minimum Gasteiger partial charge on any atom is -0.494 e. The summed E-state index contributed by atoms with van der Waals surface area (Å²) >= 11 is 0. The standard InChI is InChI=1S/C24H32N2O3/c1-3-28-23(27)24(13-17-29-22-9-5-4-6-10-22)11-15-26(16-12-24)20(2)18-21-8-7-14-25-19-21/h4-10,14,19-20H,3,11-13,15-18H2,1-2H3/t20-/m0/s1. The van der Waals surface area contributed by atoms with Crippen molar-refractivity contribution < 1.29 is 14.3 Å². The van der Waals surface area contributed by atoms with Crippen LogP contribution in [0.5, 0.6) is 5.75 Å². The maximum Gasteiger partial charge on any atom is 0.312 e. The Labute approximate surface area is 174 Å². The van der Waals surface area contributed by atoms with Crippen molar-refractivity contribution in [2.24, 2.45) is 5.41 Å². The number of hydrogen-bond acceptors (Lipinski definition) is 5. The molecular weight excluding hydrogens is 364 g/mol. The summed E-state index contributed by atoms with van der Waals surface area (Å²) in [5.74, 6) is 0.769. The van der Waals surface area contributed by atoms with Gasteiger partial charge in [0.05, 0.1) is 18.6 Å². The lowest BCUT2D eigenvalue weighted by Crippen LogP contribution is -2.49. The van der Waals surface area contributed by atoms with Crippen LogP contribution < -0.4 is 4.74 Å². The summed E-state index contributed by atoms with van der Waals surface area (Å²) in [6.07, 6.45) is 7.01. The number of ether oxygens (including phenoxy) is 2. The van der Waals surface area contributed by atoms with E-state index in [1.165, 1.54) is 5.56 Å². The van der Waals surface area contributed by atoms with Gasteiger partial charge < -0.3 is 14.4 Å². The summed E-state index contributed by atoms with van der Waals surface area (Å²) in [5.41, 5.74) is 0.800. The zero-order chi connectivity index (χ0) is 20.5. The second-order valence-electron chi connectivity index (χ2n) is 7.86. The van der Waals surface area contributed by atoms with Gasteiger partial charge in [0.15, 0.2) is 0 Å². The number of nitrogens with zero attached hydrogens (tertiary/aromatic N) is 2. The third-order valence-corrected chi connectivity index (χ3v) is 5.93. The first-order valence-electron chi connectivity index (χ1n) is 10.6. The molecule has 1 atom stereocenters. The molecule has 1 aromatic heterocycles. The highest BCUT2D eigenvalue weighted by atomic mass is 16.5. The monoisotopic (exact) mass is 396 g/mol. The number of para-hydroxylation sites is 1. The van der Waals surface area contributed by atoms with Gasteiger partial charge in [0.1, 0.15) is 5.75 Å². The fourth-order valence-corrected chi connectivity index (χ4v) is 4.10. The van der Waals surface area contributed by atoms with Gasteiger partial charge in [-0.3, -0.25) is 9.78 Å². The predicted molar refractivity (Wildman–Crippen MR) is 114 cm³/mol.